The molecule has 0 aliphatic heterocycles. The standard InChI is InChI=1S/C21H20ClFN2O2/c22-20-13-18(23)7-6-17(20)15-27-19-8-4-16(5-9-19)14-24-11-12-26-21-3-1-2-10-25-21/h1-10,13,24H,11-12,14-15H2. The quantitative estimate of drug-likeness (QED) is 0.545. The van der Waals surface area contributed by atoms with Gasteiger partial charge in [0.15, 0.2) is 0 Å². The molecule has 4 nitrogen and oxygen atoms in total. The predicted molar refractivity (Wildman–Crippen MR) is 104 cm³/mol. The molecule has 0 bridgehead atoms. The summed E-state index contributed by atoms with van der Waals surface area (Å²) in [5, 5.41) is 3.68. The fourth-order valence-electron chi connectivity index (χ4n) is 2.40. The molecule has 0 saturated heterocycles. The topological polar surface area (TPSA) is 43.4 Å². The number of pyridine rings is 1. The summed E-state index contributed by atoms with van der Waals surface area (Å²) in [4.78, 5) is 4.10. The van der Waals surface area contributed by atoms with Crippen molar-refractivity contribution in [2.75, 3.05) is 13.2 Å². The number of ether oxygens (including phenoxy) is 2. The van der Waals surface area contributed by atoms with Gasteiger partial charge in [-0.1, -0.05) is 35.9 Å². The average molecular weight is 387 g/mol. The molecule has 2 aromatic carbocycles. The monoisotopic (exact) mass is 386 g/mol. The number of hydrogen-bond donors (Lipinski definition) is 1. The highest BCUT2D eigenvalue weighted by atomic mass is 35.5. The Morgan fingerprint density at radius 3 is 2.59 bits per heavy atom. The van der Waals surface area contributed by atoms with Crippen molar-refractivity contribution in [3.05, 3.63) is 88.8 Å². The Kier molecular flexibility index (Phi) is 7.02. The second-order valence-corrected chi connectivity index (χ2v) is 6.27. The second kappa shape index (κ2) is 9.90. The van der Waals surface area contributed by atoms with Crippen LogP contribution in [0.4, 0.5) is 4.39 Å². The van der Waals surface area contributed by atoms with Crippen molar-refractivity contribution in [3.63, 3.8) is 0 Å². The predicted octanol–water partition coefficient (Wildman–Crippen LogP) is 4.62. The molecule has 0 amide bonds. The smallest absolute Gasteiger partial charge is 0.213 e. The lowest BCUT2D eigenvalue weighted by atomic mass is 10.2. The third-order valence-corrected chi connectivity index (χ3v) is 4.18. The highest BCUT2D eigenvalue weighted by Crippen LogP contribution is 2.20. The molecule has 1 heterocycles. The lowest BCUT2D eigenvalue weighted by Crippen LogP contribution is -2.20. The Bertz CT molecular complexity index is 845. The van der Waals surface area contributed by atoms with Gasteiger partial charge in [-0.2, -0.15) is 0 Å². The van der Waals surface area contributed by atoms with E-state index >= 15 is 0 Å². The van der Waals surface area contributed by atoms with Crippen molar-refractivity contribution in [2.45, 2.75) is 13.2 Å². The molecule has 0 aliphatic carbocycles. The zero-order chi connectivity index (χ0) is 18.9. The van der Waals surface area contributed by atoms with Crippen LogP contribution in [0, 0.1) is 5.82 Å². The van der Waals surface area contributed by atoms with Gasteiger partial charge < -0.3 is 14.8 Å². The highest BCUT2D eigenvalue weighted by Gasteiger charge is 2.03. The minimum Gasteiger partial charge on any atom is -0.489 e. The Hall–Kier alpha value is -2.63. The van der Waals surface area contributed by atoms with Crippen LogP contribution in [-0.4, -0.2) is 18.1 Å². The normalized spacial score (nSPS) is 10.6. The second-order valence-electron chi connectivity index (χ2n) is 5.86. The van der Waals surface area contributed by atoms with Crippen LogP contribution in [0.15, 0.2) is 66.9 Å². The van der Waals surface area contributed by atoms with Crippen LogP contribution in [0.3, 0.4) is 0 Å². The summed E-state index contributed by atoms with van der Waals surface area (Å²) in [5.41, 5.74) is 1.89. The van der Waals surface area contributed by atoms with E-state index < -0.39 is 0 Å². The van der Waals surface area contributed by atoms with E-state index in [1.54, 1.807) is 12.3 Å². The summed E-state index contributed by atoms with van der Waals surface area (Å²) in [6.07, 6.45) is 1.70. The number of nitrogens with zero attached hydrogens (tertiary/aromatic N) is 1. The molecule has 3 aromatic rings. The molecule has 0 radical (unpaired) electrons. The third-order valence-electron chi connectivity index (χ3n) is 3.83. The first-order valence-electron chi connectivity index (χ1n) is 8.61. The largest absolute Gasteiger partial charge is 0.489 e. The Morgan fingerprint density at radius 1 is 1.00 bits per heavy atom. The van der Waals surface area contributed by atoms with E-state index in [0.29, 0.717) is 24.1 Å². The van der Waals surface area contributed by atoms with Crippen LogP contribution < -0.4 is 14.8 Å². The van der Waals surface area contributed by atoms with Gasteiger partial charge >= 0.3 is 0 Å². The van der Waals surface area contributed by atoms with Gasteiger partial charge in [0.05, 0.1) is 5.02 Å². The van der Waals surface area contributed by atoms with Crippen molar-refractivity contribution in [1.29, 1.82) is 0 Å². The molecule has 0 aliphatic rings. The van der Waals surface area contributed by atoms with Crippen molar-refractivity contribution in [3.8, 4) is 11.6 Å². The van der Waals surface area contributed by atoms with Gasteiger partial charge in [0.1, 0.15) is 24.8 Å². The van der Waals surface area contributed by atoms with Crippen molar-refractivity contribution < 1.29 is 13.9 Å². The molecule has 1 N–H and O–H groups in total. The van der Waals surface area contributed by atoms with E-state index in [2.05, 4.69) is 10.3 Å². The Balaban J connectivity index is 1.38. The average Bonchev–Trinajstić information content (AvgIpc) is 2.69. The number of nitrogens with one attached hydrogen (secondary N) is 1. The summed E-state index contributed by atoms with van der Waals surface area (Å²) in [5.74, 6) is 1.01. The van der Waals surface area contributed by atoms with Gasteiger partial charge in [-0.15, -0.1) is 0 Å². The number of rotatable bonds is 9. The Labute approximate surface area is 162 Å². The molecule has 1 aromatic heterocycles. The van der Waals surface area contributed by atoms with E-state index in [0.717, 1.165) is 30.0 Å². The maximum absolute atomic E-state index is 13.0. The minimum atomic E-state index is -0.356. The lowest BCUT2D eigenvalue weighted by molar-refractivity contribution is 0.301. The van der Waals surface area contributed by atoms with E-state index in [1.165, 1.54) is 12.1 Å². The number of benzene rings is 2. The summed E-state index contributed by atoms with van der Waals surface area (Å²) in [7, 11) is 0. The fourth-order valence-corrected chi connectivity index (χ4v) is 2.62. The zero-order valence-electron chi connectivity index (χ0n) is 14.7. The van der Waals surface area contributed by atoms with Crippen molar-refractivity contribution in [1.82, 2.24) is 10.3 Å². The molecule has 0 atom stereocenters. The molecule has 0 spiro atoms. The minimum absolute atomic E-state index is 0.293. The Morgan fingerprint density at radius 2 is 1.85 bits per heavy atom. The van der Waals surface area contributed by atoms with E-state index in [1.807, 2.05) is 42.5 Å². The zero-order valence-corrected chi connectivity index (χ0v) is 15.5. The fraction of sp³-hybridized carbons (Fsp3) is 0.190. The van der Waals surface area contributed by atoms with Crippen LogP contribution in [0.25, 0.3) is 0 Å². The first-order valence-corrected chi connectivity index (χ1v) is 8.99. The van der Waals surface area contributed by atoms with Gasteiger partial charge in [0.25, 0.3) is 0 Å². The number of halogens is 2. The third kappa shape index (κ3) is 6.24. The SMILES string of the molecule is Fc1ccc(COc2ccc(CNCCOc3ccccn3)cc2)c(Cl)c1. The van der Waals surface area contributed by atoms with Gasteiger partial charge in [0, 0.05) is 30.9 Å². The molecule has 0 unspecified atom stereocenters. The molecule has 6 heteroatoms. The maximum Gasteiger partial charge on any atom is 0.213 e. The maximum atomic E-state index is 13.0. The van der Waals surface area contributed by atoms with Crippen LogP contribution in [-0.2, 0) is 13.2 Å². The van der Waals surface area contributed by atoms with Crippen molar-refractivity contribution in [2.24, 2.45) is 0 Å². The van der Waals surface area contributed by atoms with Gasteiger partial charge in [0.2, 0.25) is 5.88 Å². The van der Waals surface area contributed by atoms with E-state index in [4.69, 9.17) is 21.1 Å². The number of hydrogen-bond acceptors (Lipinski definition) is 4. The first-order chi connectivity index (χ1) is 13.2. The molecule has 27 heavy (non-hydrogen) atoms. The molecule has 140 valence electrons. The summed E-state index contributed by atoms with van der Waals surface area (Å²) >= 11 is 6.00. The highest BCUT2D eigenvalue weighted by molar-refractivity contribution is 6.31. The van der Waals surface area contributed by atoms with Crippen LogP contribution >= 0.6 is 11.6 Å². The summed E-state index contributed by atoms with van der Waals surface area (Å²) in [6.45, 7) is 2.30. The molecular weight excluding hydrogens is 367 g/mol. The van der Waals surface area contributed by atoms with E-state index in [9.17, 15) is 4.39 Å². The van der Waals surface area contributed by atoms with Crippen LogP contribution in [0.1, 0.15) is 11.1 Å². The van der Waals surface area contributed by atoms with Gasteiger partial charge in [-0.05, 0) is 35.9 Å². The van der Waals surface area contributed by atoms with Crippen LogP contribution in [0.5, 0.6) is 11.6 Å². The molecule has 3 rings (SSSR count). The summed E-state index contributed by atoms with van der Waals surface area (Å²) < 4.78 is 24.3. The molecule has 0 saturated carbocycles. The van der Waals surface area contributed by atoms with E-state index in [-0.39, 0.29) is 5.82 Å². The summed E-state index contributed by atoms with van der Waals surface area (Å²) in [6, 6.07) is 17.7. The van der Waals surface area contributed by atoms with Crippen LogP contribution in [0.2, 0.25) is 5.02 Å². The number of aromatic nitrogens is 1. The van der Waals surface area contributed by atoms with Gasteiger partial charge in [-0.25, -0.2) is 9.37 Å². The first kappa shape index (κ1) is 19.1. The van der Waals surface area contributed by atoms with Crippen molar-refractivity contribution >= 4 is 11.6 Å². The lowest BCUT2D eigenvalue weighted by Gasteiger charge is -2.10. The van der Waals surface area contributed by atoms with Gasteiger partial charge in [-0.3, -0.25) is 0 Å². The molecule has 0 fully saturated rings. The molecular formula is C21H20ClFN2O2.